The van der Waals surface area contributed by atoms with E-state index in [1.54, 1.807) is 0 Å². The van der Waals surface area contributed by atoms with Crippen LogP contribution in [-0.4, -0.2) is 16.9 Å². The Hall–Kier alpha value is -0.890. The third-order valence-corrected chi connectivity index (χ3v) is 3.00. The Morgan fingerprint density at radius 3 is 2.43 bits per heavy atom. The van der Waals surface area contributed by atoms with Crippen LogP contribution in [0.1, 0.15) is 31.0 Å². The lowest BCUT2D eigenvalue weighted by atomic mass is 10.0. The van der Waals surface area contributed by atoms with Gasteiger partial charge in [0, 0.05) is 7.05 Å². The van der Waals surface area contributed by atoms with Crippen LogP contribution in [0.5, 0.6) is 0 Å². The Morgan fingerprint density at radius 1 is 1.36 bits per heavy atom. The van der Waals surface area contributed by atoms with Gasteiger partial charge in [-0.2, -0.15) is 0 Å². The first-order chi connectivity index (χ1) is 6.54. The highest BCUT2D eigenvalue weighted by atomic mass is 32.1. The lowest BCUT2D eigenvalue weighted by Crippen LogP contribution is -2.26. The molecule has 1 unspecified atom stereocenters. The van der Waals surface area contributed by atoms with Crippen molar-refractivity contribution in [1.29, 1.82) is 0 Å². The lowest BCUT2D eigenvalue weighted by Gasteiger charge is -2.27. The molecule has 0 bridgehead atoms. The molecule has 1 atom stereocenters. The van der Waals surface area contributed by atoms with Gasteiger partial charge in [-0.05, 0) is 31.9 Å². The third kappa shape index (κ3) is 2.32. The van der Waals surface area contributed by atoms with Crippen LogP contribution in [0.15, 0.2) is 24.3 Å². The van der Waals surface area contributed by atoms with Gasteiger partial charge in [-0.3, -0.25) is 0 Å². The summed E-state index contributed by atoms with van der Waals surface area (Å²) in [7, 11) is 2.04. The van der Waals surface area contributed by atoms with E-state index in [0.29, 0.717) is 6.04 Å². The van der Waals surface area contributed by atoms with Crippen molar-refractivity contribution in [3.05, 3.63) is 35.4 Å². The zero-order chi connectivity index (χ0) is 10.7. The highest BCUT2D eigenvalue weighted by Crippen LogP contribution is 2.22. The fourth-order valence-corrected chi connectivity index (χ4v) is 1.69. The number of rotatable bonds is 2. The molecule has 76 valence electrons. The van der Waals surface area contributed by atoms with Crippen LogP contribution in [-0.2, 0) is 0 Å². The van der Waals surface area contributed by atoms with Crippen molar-refractivity contribution in [2.75, 3.05) is 7.05 Å². The maximum absolute atomic E-state index is 5.16. The zero-order valence-electron chi connectivity index (χ0n) is 9.24. The minimum absolute atomic E-state index is 0.355. The van der Waals surface area contributed by atoms with Crippen molar-refractivity contribution in [3.8, 4) is 0 Å². The molecule has 14 heavy (non-hydrogen) atoms. The summed E-state index contributed by atoms with van der Waals surface area (Å²) in [5.41, 5.74) is 2.67. The minimum atomic E-state index is 0.355. The first-order valence-electron chi connectivity index (χ1n) is 4.83. The van der Waals surface area contributed by atoms with E-state index in [2.05, 4.69) is 43.0 Å². The molecule has 1 rings (SSSR count). The molecule has 0 saturated heterocycles. The Bertz CT molecular complexity index is 333. The molecule has 1 aromatic carbocycles. The largest absolute Gasteiger partial charge is 0.363 e. The molecular weight excluding hydrogens is 190 g/mol. The quantitative estimate of drug-likeness (QED) is 0.684. The predicted molar refractivity (Wildman–Crippen MR) is 65.6 cm³/mol. The molecule has 0 radical (unpaired) electrons. The average Bonchev–Trinajstić information content (AvgIpc) is 2.16. The third-order valence-electron chi connectivity index (χ3n) is 2.72. The topological polar surface area (TPSA) is 3.24 Å². The number of thiocarbonyl (C=S) groups is 1. The van der Waals surface area contributed by atoms with E-state index in [1.165, 1.54) is 11.1 Å². The summed E-state index contributed by atoms with van der Waals surface area (Å²) in [5, 5.41) is 0. The molecule has 0 aromatic heterocycles. The van der Waals surface area contributed by atoms with Crippen molar-refractivity contribution >= 4 is 17.2 Å². The van der Waals surface area contributed by atoms with Crippen molar-refractivity contribution in [2.24, 2.45) is 0 Å². The molecule has 2 heteroatoms. The van der Waals surface area contributed by atoms with E-state index in [4.69, 9.17) is 12.2 Å². The predicted octanol–water partition coefficient (Wildman–Crippen LogP) is 3.34. The molecule has 0 aliphatic carbocycles. The van der Waals surface area contributed by atoms with Crippen molar-refractivity contribution in [3.63, 3.8) is 0 Å². The standard InChI is InChI=1S/C12H17NS/c1-9-7-5-6-8-12(9)10(2)13(4)11(3)14/h5-8,10H,1-4H3. The molecule has 0 aliphatic heterocycles. The van der Waals surface area contributed by atoms with Gasteiger partial charge in [0.05, 0.1) is 11.0 Å². The molecule has 0 fully saturated rings. The van der Waals surface area contributed by atoms with Crippen molar-refractivity contribution in [2.45, 2.75) is 26.8 Å². The van der Waals surface area contributed by atoms with E-state index >= 15 is 0 Å². The van der Waals surface area contributed by atoms with Gasteiger partial charge in [0.25, 0.3) is 0 Å². The number of hydrogen-bond donors (Lipinski definition) is 0. The molecule has 0 aliphatic rings. The molecular formula is C12H17NS. The molecule has 0 saturated carbocycles. The van der Waals surface area contributed by atoms with Gasteiger partial charge in [-0.1, -0.05) is 36.5 Å². The van der Waals surface area contributed by atoms with Crippen molar-refractivity contribution in [1.82, 2.24) is 4.90 Å². The summed E-state index contributed by atoms with van der Waals surface area (Å²) in [4.78, 5) is 3.05. The molecule has 0 N–H and O–H groups in total. The smallest absolute Gasteiger partial charge is 0.0750 e. The molecule has 0 amide bonds. The fraction of sp³-hybridized carbons (Fsp3) is 0.417. The molecule has 0 heterocycles. The van der Waals surface area contributed by atoms with Crippen LogP contribution < -0.4 is 0 Å². The first-order valence-corrected chi connectivity index (χ1v) is 5.23. The van der Waals surface area contributed by atoms with Gasteiger partial charge < -0.3 is 4.90 Å². The van der Waals surface area contributed by atoms with Gasteiger partial charge >= 0.3 is 0 Å². The van der Waals surface area contributed by atoms with E-state index in [0.717, 1.165) is 4.99 Å². The SMILES string of the molecule is CC(=S)N(C)C(C)c1ccccc1C. The van der Waals surface area contributed by atoms with E-state index in [1.807, 2.05) is 14.0 Å². The highest BCUT2D eigenvalue weighted by molar-refractivity contribution is 7.80. The van der Waals surface area contributed by atoms with E-state index < -0.39 is 0 Å². The number of hydrogen-bond acceptors (Lipinski definition) is 1. The highest BCUT2D eigenvalue weighted by Gasteiger charge is 2.12. The summed E-state index contributed by atoms with van der Waals surface area (Å²) >= 11 is 5.16. The second kappa shape index (κ2) is 4.56. The van der Waals surface area contributed by atoms with Crippen LogP contribution in [0.3, 0.4) is 0 Å². The Kier molecular flexibility index (Phi) is 3.64. The van der Waals surface area contributed by atoms with Gasteiger partial charge in [-0.25, -0.2) is 0 Å². The molecule has 1 aromatic rings. The monoisotopic (exact) mass is 207 g/mol. The van der Waals surface area contributed by atoms with Crippen molar-refractivity contribution < 1.29 is 0 Å². The van der Waals surface area contributed by atoms with Crippen LogP contribution in [0.4, 0.5) is 0 Å². The summed E-state index contributed by atoms with van der Waals surface area (Å²) in [5.74, 6) is 0. The Labute approximate surface area is 91.7 Å². The minimum Gasteiger partial charge on any atom is -0.363 e. The van der Waals surface area contributed by atoms with Crippen LogP contribution in [0.2, 0.25) is 0 Å². The van der Waals surface area contributed by atoms with Crippen LogP contribution >= 0.6 is 12.2 Å². The maximum Gasteiger partial charge on any atom is 0.0750 e. The van der Waals surface area contributed by atoms with Gasteiger partial charge in [0.2, 0.25) is 0 Å². The summed E-state index contributed by atoms with van der Waals surface area (Å²) in [6, 6.07) is 8.79. The van der Waals surface area contributed by atoms with Gasteiger partial charge in [-0.15, -0.1) is 0 Å². The van der Waals surface area contributed by atoms with Crippen LogP contribution in [0, 0.1) is 6.92 Å². The number of aryl methyl sites for hydroxylation is 1. The number of benzene rings is 1. The number of nitrogens with zero attached hydrogens (tertiary/aromatic N) is 1. The molecule has 0 spiro atoms. The lowest BCUT2D eigenvalue weighted by molar-refractivity contribution is 0.406. The second-order valence-electron chi connectivity index (χ2n) is 3.66. The maximum atomic E-state index is 5.16. The normalized spacial score (nSPS) is 12.3. The van der Waals surface area contributed by atoms with Gasteiger partial charge in [0.15, 0.2) is 0 Å². The average molecular weight is 207 g/mol. The van der Waals surface area contributed by atoms with E-state index in [9.17, 15) is 0 Å². The second-order valence-corrected chi connectivity index (χ2v) is 4.25. The first kappa shape index (κ1) is 11.2. The van der Waals surface area contributed by atoms with Crippen LogP contribution in [0.25, 0.3) is 0 Å². The summed E-state index contributed by atoms with van der Waals surface area (Å²) in [6.07, 6.45) is 0. The Morgan fingerprint density at radius 2 is 1.93 bits per heavy atom. The Balaban J connectivity index is 2.94. The fourth-order valence-electron chi connectivity index (χ4n) is 1.54. The summed E-state index contributed by atoms with van der Waals surface area (Å²) in [6.45, 7) is 6.28. The van der Waals surface area contributed by atoms with Gasteiger partial charge in [0.1, 0.15) is 0 Å². The molecule has 1 nitrogen and oxygen atoms in total. The van der Waals surface area contributed by atoms with E-state index in [-0.39, 0.29) is 0 Å². The zero-order valence-corrected chi connectivity index (χ0v) is 10.1. The summed E-state index contributed by atoms with van der Waals surface area (Å²) < 4.78 is 0.